The minimum Gasteiger partial charge on any atom is -0.396 e. The van der Waals surface area contributed by atoms with Crippen molar-refractivity contribution in [3.05, 3.63) is 34.4 Å². The number of hydrogen-bond donors (Lipinski definition) is 2. The van der Waals surface area contributed by atoms with Crippen molar-refractivity contribution in [3.8, 4) is 0 Å². The molecule has 0 spiro atoms. The van der Waals surface area contributed by atoms with Gasteiger partial charge in [0.25, 0.3) is 0 Å². The predicted molar refractivity (Wildman–Crippen MR) is 50.0 cm³/mol. The highest BCUT2D eigenvalue weighted by atomic mass is 35.5. The largest absolute Gasteiger partial charge is 0.396 e. The van der Waals surface area contributed by atoms with Crippen molar-refractivity contribution in [3.63, 3.8) is 0 Å². The van der Waals surface area contributed by atoms with E-state index in [1.54, 1.807) is 0 Å². The van der Waals surface area contributed by atoms with Gasteiger partial charge in [-0.25, -0.2) is 8.78 Å². The summed E-state index contributed by atoms with van der Waals surface area (Å²) in [6, 6.07) is 1.30. The number of aliphatic hydroxyl groups is 1. The van der Waals surface area contributed by atoms with E-state index in [0.29, 0.717) is 0 Å². The quantitative estimate of drug-likeness (QED) is 0.767. The lowest BCUT2D eigenvalue weighted by Crippen LogP contribution is -2.15. The van der Waals surface area contributed by atoms with Crippen molar-refractivity contribution < 1.29 is 13.9 Å². The molecule has 2 nitrogen and oxygen atoms in total. The first-order valence-corrected chi connectivity index (χ1v) is 4.45. The van der Waals surface area contributed by atoms with Gasteiger partial charge < -0.3 is 10.8 Å². The van der Waals surface area contributed by atoms with Crippen LogP contribution in [0.5, 0.6) is 0 Å². The molecular weight excluding hydrogens is 212 g/mol. The molecular formula is C9H10ClF2NO. The van der Waals surface area contributed by atoms with Gasteiger partial charge in [0.1, 0.15) is 11.6 Å². The van der Waals surface area contributed by atoms with Gasteiger partial charge in [0, 0.05) is 18.2 Å². The van der Waals surface area contributed by atoms with Crippen LogP contribution in [-0.2, 0) is 0 Å². The molecule has 1 aromatic rings. The van der Waals surface area contributed by atoms with Crippen molar-refractivity contribution in [1.82, 2.24) is 0 Å². The first kappa shape index (κ1) is 11.4. The first-order chi connectivity index (χ1) is 6.57. The Morgan fingerprint density at radius 1 is 1.43 bits per heavy atom. The van der Waals surface area contributed by atoms with Crippen molar-refractivity contribution in [2.75, 3.05) is 6.61 Å². The topological polar surface area (TPSA) is 46.2 Å². The number of aliphatic hydroxyl groups excluding tert-OH is 1. The van der Waals surface area contributed by atoms with Crippen molar-refractivity contribution in [2.45, 2.75) is 12.5 Å². The maximum atomic E-state index is 13.3. The highest BCUT2D eigenvalue weighted by Crippen LogP contribution is 2.26. The SMILES string of the molecule is N[C@@H](CCO)c1c(F)ccc(Cl)c1F. The molecule has 5 heteroatoms. The van der Waals surface area contributed by atoms with Crippen molar-refractivity contribution in [1.29, 1.82) is 0 Å². The number of hydrogen-bond acceptors (Lipinski definition) is 2. The molecule has 1 aromatic carbocycles. The second-order valence-corrected chi connectivity index (χ2v) is 3.28. The van der Waals surface area contributed by atoms with E-state index in [-0.39, 0.29) is 23.6 Å². The van der Waals surface area contributed by atoms with Gasteiger partial charge in [-0.05, 0) is 18.6 Å². The van der Waals surface area contributed by atoms with Gasteiger partial charge in [0.15, 0.2) is 0 Å². The van der Waals surface area contributed by atoms with E-state index in [1.165, 1.54) is 0 Å². The zero-order valence-corrected chi connectivity index (χ0v) is 8.06. The van der Waals surface area contributed by atoms with Crippen molar-refractivity contribution in [2.24, 2.45) is 5.73 Å². The molecule has 14 heavy (non-hydrogen) atoms. The lowest BCUT2D eigenvalue weighted by molar-refractivity contribution is 0.274. The van der Waals surface area contributed by atoms with Crippen LogP contribution in [0.1, 0.15) is 18.0 Å². The van der Waals surface area contributed by atoms with E-state index < -0.39 is 17.7 Å². The van der Waals surface area contributed by atoms with Gasteiger partial charge in [-0.2, -0.15) is 0 Å². The van der Waals surface area contributed by atoms with Crippen LogP contribution >= 0.6 is 11.6 Å². The second kappa shape index (κ2) is 4.68. The zero-order valence-electron chi connectivity index (χ0n) is 7.30. The summed E-state index contributed by atoms with van der Waals surface area (Å²) in [7, 11) is 0. The average Bonchev–Trinajstić information content (AvgIpc) is 2.13. The summed E-state index contributed by atoms with van der Waals surface area (Å²) in [4.78, 5) is 0. The number of benzene rings is 1. The van der Waals surface area contributed by atoms with Gasteiger partial charge in [0.05, 0.1) is 5.02 Å². The van der Waals surface area contributed by atoms with Crippen LogP contribution in [0.3, 0.4) is 0 Å². The van der Waals surface area contributed by atoms with Crippen LogP contribution in [0.15, 0.2) is 12.1 Å². The molecule has 0 saturated carbocycles. The lowest BCUT2D eigenvalue weighted by atomic mass is 10.0. The number of halogens is 3. The highest BCUT2D eigenvalue weighted by molar-refractivity contribution is 6.30. The Balaban J connectivity index is 3.11. The molecule has 0 aromatic heterocycles. The molecule has 0 unspecified atom stereocenters. The van der Waals surface area contributed by atoms with Crippen LogP contribution in [0.25, 0.3) is 0 Å². The van der Waals surface area contributed by atoms with E-state index in [4.69, 9.17) is 22.4 Å². The fourth-order valence-electron chi connectivity index (χ4n) is 1.17. The molecule has 0 amide bonds. The summed E-state index contributed by atoms with van der Waals surface area (Å²) in [6.45, 7) is -0.230. The van der Waals surface area contributed by atoms with E-state index in [0.717, 1.165) is 12.1 Å². The van der Waals surface area contributed by atoms with E-state index in [2.05, 4.69) is 0 Å². The summed E-state index contributed by atoms with van der Waals surface area (Å²) in [5, 5.41) is 8.42. The van der Waals surface area contributed by atoms with E-state index in [9.17, 15) is 8.78 Å². The Hall–Kier alpha value is -0.710. The fourth-order valence-corrected chi connectivity index (χ4v) is 1.33. The Kier molecular flexibility index (Phi) is 3.80. The Bertz CT molecular complexity index is 333. The molecule has 3 N–H and O–H groups in total. The third-order valence-corrected chi connectivity index (χ3v) is 2.18. The number of nitrogens with two attached hydrogens (primary N) is 1. The summed E-state index contributed by atoms with van der Waals surface area (Å²) in [6.07, 6.45) is 0.0915. The van der Waals surface area contributed by atoms with Crippen LogP contribution in [-0.4, -0.2) is 11.7 Å². The van der Waals surface area contributed by atoms with Gasteiger partial charge >= 0.3 is 0 Å². The van der Waals surface area contributed by atoms with Gasteiger partial charge in [0.2, 0.25) is 0 Å². The van der Waals surface area contributed by atoms with Crippen molar-refractivity contribution >= 4 is 11.6 Å². The molecule has 1 rings (SSSR count). The molecule has 0 aliphatic heterocycles. The van der Waals surface area contributed by atoms with Gasteiger partial charge in [-0.15, -0.1) is 0 Å². The van der Waals surface area contributed by atoms with Gasteiger partial charge in [-0.1, -0.05) is 11.6 Å². The highest BCUT2D eigenvalue weighted by Gasteiger charge is 2.18. The minimum absolute atomic E-state index is 0.0915. The summed E-state index contributed by atoms with van der Waals surface area (Å²) in [5.41, 5.74) is 5.21. The molecule has 0 aliphatic carbocycles. The van der Waals surface area contributed by atoms with Crippen LogP contribution < -0.4 is 5.73 Å². The molecule has 0 fully saturated rings. The standard InChI is InChI=1S/C9H10ClF2NO/c10-5-1-2-6(11)8(9(5)12)7(13)3-4-14/h1-2,7,14H,3-4,13H2/t7-/m0/s1. The third kappa shape index (κ3) is 2.20. The first-order valence-electron chi connectivity index (χ1n) is 4.07. The van der Waals surface area contributed by atoms with Crippen LogP contribution in [0.4, 0.5) is 8.78 Å². The second-order valence-electron chi connectivity index (χ2n) is 2.88. The molecule has 0 bridgehead atoms. The van der Waals surface area contributed by atoms with Crippen LogP contribution in [0, 0.1) is 11.6 Å². The molecule has 0 radical (unpaired) electrons. The van der Waals surface area contributed by atoms with Gasteiger partial charge in [-0.3, -0.25) is 0 Å². The molecule has 78 valence electrons. The average molecular weight is 222 g/mol. The molecule has 0 saturated heterocycles. The number of rotatable bonds is 3. The normalized spacial score (nSPS) is 12.9. The molecule has 0 heterocycles. The van der Waals surface area contributed by atoms with E-state index in [1.807, 2.05) is 0 Å². The Morgan fingerprint density at radius 2 is 2.07 bits per heavy atom. The zero-order chi connectivity index (χ0) is 10.7. The lowest BCUT2D eigenvalue weighted by Gasteiger charge is -2.12. The maximum Gasteiger partial charge on any atom is 0.149 e. The van der Waals surface area contributed by atoms with Crippen LogP contribution in [0.2, 0.25) is 5.02 Å². The summed E-state index contributed by atoms with van der Waals surface area (Å²) < 4.78 is 26.4. The summed E-state index contributed by atoms with van der Waals surface area (Å²) >= 11 is 5.47. The Labute approximate surface area is 85.3 Å². The van der Waals surface area contributed by atoms with E-state index >= 15 is 0 Å². The predicted octanol–water partition coefficient (Wildman–Crippen LogP) is 2.00. The maximum absolute atomic E-state index is 13.3. The minimum atomic E-state index is -0.876. The monoisotopic (exact) mass is 221 g/mol. The Morgan fingerprint density at radius 3 is 2.64 bits per heavy atom. The third-order valence-electron chi connectivity index (χ3n) is 1.89. The fraction of sp³-hybridized carbons (Fsp3) is 0.333. The smallest absolute Gasteiger partial charge is 0.149 e. The molecule has 0 aliphatic rings. The summed E-state index contributed by atoms with van der Waals surface area (Å²) in [5.74, 6) is -1.60. The molecule has 1 atom stereocenters.